The molecule has 2 aromatic rings. The fourth-order valence-corrected chi connectivity index (χ4v) is 2.59. The van der Waals surface area contributed by atoms with Crippen molar-refractivity contribution >= 4 is 0 Å². The van der Waals surface area contributed by atoms with E-state index in [1.807, 2.05) is 12.1 Å². The molecule has 0 aliphatic heterocycles. The van der Waals surface area contributed by atoms with Crippen LogP contribution >= 0.6 is 0 Å². The molecule has 0 spiro atoms. The summed E-state index contributed by atoms with van der Waals surface area (Å²) in [6.07, 6.45) is 2.00. The van der Waals surface area contributed by atoms with Crippen LogP contribution in [0.3, 0.4) is 0 Å². The van der Waals surface area contributed by atoms with Gasteiger partial charge in [0.15, 0.2) is 0 Å². The number of benzene rings is 2. The first-order chi connectivity index (χ1) is 10.7. The molecule has 1 N–H and O–H groups in total. The van der Waals surface area contributed by atoms with Gasteiger partial charge in [0.2, 0.25) is 0 Å². The van der Waals surface area contributed by atoms with Gasteiger partial charge >= 0.3 is 0 Å². The van der Waals surface area contributed by atoms with Crippen molar-refractivity contribution in [3.05, 3.63) is 84.4 Å². The maximum Gasteiger partial charge on any atom is 0.0727 e. The highest BCUT2D eigenvalue weighted by molar-refractivity contribution is 5.17. The Hall–Kier alpha value is -1.90. The van der Waals surface area contributed by atoms with E-state index in [9.17, 15) is 5.11 Å². The SMILES string of the molecule is C=CC[C@@H](O)[C@H](C)N(Cc1ccccc1)Cc1ccccc1. The Kier molecular flexibility index (Phi) is 6.38. The predicted molar refractivity (Wildman–Crippen MR) is 92.4 cm³/mol. The monoisotopic (exact) mass is 295 g/mol. The first kappa shape index (κ1) is 16.5. The minimum Gasteiger partial charge on any atom is -0.391 e. The average molecular weight is 295 g/mol. The molecule has 0 heterocycles. The lowest BCUT2D eigenvalue weighted by atomic mass is 10.1. The van der Waals surface area contributed by atoms with Crippen LogP contribution in [0.5, 0.6) is 0 Å². The van der Waals surface area contributed by atoms with E-state index in [0.717, 1.165) is 13.1 Å². The highest BCUT2D eigenvalue weighted by Gasteiger charge is 2.21. The fraction of sp³-hybridized carbons (Fsp3) is 0.300. The zero-order valence-electron chi connectivity index (χ0n) is 13.2. The van der Waals surface area contributed by atoms with Gasteiger partial charge < -0.3 is 5.11 Å². The van der Waals surface area contributed by atoms with Crippen LogP contribution in [-0.2, 0) is 13.1 Å². The summed E-state index contributed by atoms with van der Waals surface area (Å²) in [6.45, 7) is 7.46. The van der Waals surface area contributed by atoms with Gasteiger partial charge in [0, 0.05) is 19.1 Å². The maximum atomic E-state index is 10.3. The second-order valence-corrected chi connectivity index (χ2v) is 5.71. The second kappa shape index (κ2) is 8.52. The first-order valence-electron chi connectivity index (χ1n) is 7.81. The molecule has 2 aromatic carbocycles. The van der Waals surface area contributed by atoms with Crippen molar-refractivity contribution in [2.45, 2.75) is 38.6 Å². The summed E-state index contributed by atoms with van der Waals surface area (Å²) < 4.78 is 0. The van der Waals surface area contributed by atoms with Crippen molar-refractivity contribution in [3.63, 3.8) is 0 Å². The molecule has 0 aliphatic carbocycles. The molecule has 0 radical (unpaired) electrons. The fourth-order valence-electron chi connectivity index (χ4n) is 2.59. The summed E-state index contributed by atoms with van der Waals surface area (Å²) in [7, 11) is 0. The lowest BCUT2D eigenvalue weighted by Gasteiger charge is -2.32. The van der Waals surface area contributed by atoms with E-state index in [1.54, 1.807) is 6.08 Å². The van der Waals surface area contributed by atoms with Gasteiger partial charge in [0.1, 0.15) is 0 Å². The Labute approximate surface area is 133 Å². The first-order valence-corrected chi connectivity index (χ1v) is 7.81. The summed E-state index contributed by atoms with van der Waals surface area (Å²) in [4.78, 5) is 2.32. The number of aliphatic hydroxyl groups excluding tert-OH is 1. The Morgan fingerprint density at radius 3 is 1.82 bits per heavy atom. The summed E-state index contributed by atoms with van der Waals surface area (Å²) in [5.41, 5.74) is 2.52. The van der Waals surface area contributed by atoms with E-state index in [2.05, 4.69) is 66.9 Å². The molecule has 2 atom stereocenters. The van der Waals surface area contributed by atoms with Gasteiger partial charge in [-0.05, 0) is 24.5 Å². The minimum absolute atomic E-state index is 0.0680. The number of nitrogens with zero attached hydrogens (tertiary/aromatic N) is 1. The smallest absolute Gasteiger partial charge is 0.0727 e. The summed E-state index contributed by atoms with van der Waals surface area (Å²) in [5.74, 6) is 0. The van der Waals surface area contributed by atoms with E-state index >= 15 is 0 Å². The lowest BCUT2D eigenvalue weighted by Crippen LogP contribution is -2.40. The van der Waals surface area contributed by atoms with E-state index in [0.29, 0.717) is 6.42 Å². The van der Waals surface area contributed by atoms with Crippen LogP contribution in [0, 0.1) is 0 Å². The van der Waals surface area contributed by atoms with Crippen LogP contribution in [0.4, 0.5) is 0 Å². The largest absolute Gasteiger partial charge is 0.391 e. The van der Waals surface area contributed by atoms with E-state index in [1.165, 1.54) is 11.1 Å². The number of rotatable bonds is 8. The van der Waals surface area contributed by atoms with E-state index < -0.39 is 6.10 Å². The Bertz CT molecular complexity index is 511. The van der Waals surface area contributed by atoms with Gasteiger partial charge in [0.25, 0.3) is 0 Å². The zero-order valence-corrected chi connectivity index (χ0v) is 13.2. The normalized spacial score (nSPS) is 13.8. The van der Waals surface area contributed by atoms with Crippen LogP contribution in [0.2, 0.25) is 0 Å². The molecular weight excluding hydrogens is 270 g/mol. The summed E-state index contributed by atoms with van der Waals surface area (Å²) in [6, 6.07) is 20.9. The third-order valence-corrected chi connectivity index (χ3v) is 4.00. The molecule has 2 heteroatoms. The molecule has 0 bridgehead atoms. The molecule has 0 aliphatic rings. The van der Waals surface area contributed by atoms with Crippen molar-refractivity contribution in [1.82, 2.24) is 4.90 Å². The summed E-state index contributed by atoms with van der Waals surface area (Å²) in [5, 5.41) is 10.3. The van der Waals surface area contributed by atoms with Crippen LogP contribution < -0.4 is 0 Å². The molecule has 0 aromatic heterocycles. The molecule has 116 valence electrons. The molecule has 0 unspecified atom stereocenters. The highest BCUT2D eigenvalue weighted by Crippen LogP contribution is 2.17. The molecule has 2 nitrogen and oxygen atoms in total. The minimum atomic E-state index is -0.398. The standard InChI is InChI=1S/C20H25NO/c1-3-10-20(22)17(2)21(15-18-11-6-4-7-12-18)16-19-13-8-5-9-14-19/h3-9,11-14,17,20,22H,1,10,15-16H2,2H3/t17-,20+/m0/s1. The topological polar surface area (TPSA) is 23.5 Å². The number of hydrogen-bond acceptors (Lipinski definition) is 2. The van der Waals surface area contributed by atoms with Crippen molar-refractivity contribution in [3.8, 4) is 0 Å². The number of aliphatic hydroxyl groups is 1. The molecule has 0 saturated carbocycles. The molecular formula is C20H25NO. The second-order valence-electron chi connectivity index (χ2n) is 5.71. The molecule has 0 amide bonds. The van der Waals surface area contributed by atoms with Crippen molar-refractivity contribution in [2.75, 3.05) is 0 Å². The van der Waals surface area contributed by atoms with Crippen molar-refractivity contribution in [2.24, 2.45) is 0 Å². The van der Waals surface area contributed by atoms with Crippen LogP contribution in [-0.4, -0.2) is 22.2 Å². The van der Waals surface area contributed by atoms with Gasteiger partial charge in [-0.25, -0.2) is 0 Å². The molecule has 0 saturated heterocycles. The Balaban J connectivity index is 2.14. The van der Waals surface area contributed by atoms with E-state index in [-0.39, 0.29) is 6.04 Å². The average Bonchev–Trinajstić information content (AvgIpc) is 2.56. The summed E-state index contributed by atoms with van der Waals surface area (Å²) >= 11 is 0. The Morgan fingerprint density at radius 2 is 1.41 bits per heavy atom. The third kappa shape index (κ3) is 4.83. The van der Waals surface area contributed by atoms with Crippen molar-refractivity contribution < 1.29 is 5.11 Å². The molecule has 2 rings (SSSR count). The van der Waals surface area contributed by atoms with Gasteiger partial charge in [-0.3, -0.25) is 4.90 Å². The van der Waals surface area contributed by atoms with Crippen molar-refractivity contribution in [1.29, 1.82) is 0 Å². The van der Waals surface area contributed by atoms with E-state index in [4.69, 9.17) is 0 Å². The van der Waals surface area contributed by atoms with Gasteiger partial charge in [-0.15, -0.1) is 6.58 Å². The quantitative estimate of drug-likeness (QED) is 0.744. The van der Waals surface area contributed by atoms with Gasteiger partial charge in [-0.1, -0.05) is 66.7 Å². The highest BCUT2D eigenvalue weighted by atomic mass is 16.3. The molecule has 0 fully saturated rings. The van der Waals surface area contributed by atoms with Crippen LogP contribution in [0.25, 0.3) is 0 Å². The predicted octanol–water partition coefficient (Wildman–Crippen LogP) is 4.01. The Morgan fingerprint density at radius 1 is 0.955 bits per heavy atom. The van der Waals surface area contributed by atoms with Crippen LogP contribution in [0.1, 0.15) is 24.5 Å². The molecule has 22 heavy (non-hydrogen) atoms. The zero-order chi connectivity index (χ0) is 15.8. The number of hydrogen-bond donors (Lipinski definition) is 1. The maximum absolute atomic E-state index is 10.3. The third-order valence-electron chi connectivity index (χ3n) is 4.00. The van der Waals surface area contributed by atoms with Crippen LogP contribution in [0.15, 0.2) is 73.3 Å². The van der Waals surface area contributed by atoms with Gasteiger partial charge in [0.05, 0.1) is 6.10 Å². The van der Waals surface area contributed by atoms with Gasteiger partial charge in [-0.2, -0.15) is 0 Å². The lowest BCUT2D eigenvalue weighted by molar-refractivity contribution is 0.0511.